The van der Waals surface area contributed by atoms with Gasteiger partial charge in [0.05, 0.1) is 11.5 Å². The number of hydrogen-bond acceptors (Lipinski definition) is 3. The van der Waals surface area contributed by atoms with Gasteiger partial charge in [-0.3, -0.25) is 4.79 Å². The minimum Gasteiger partial charge on any atom is -0.356 e. The summed E-state index contributed by atoms with van der Waals surface area (Å²) in [7, 11) is -2.90. The van der Waals surface area contributed by atoms with Crippen molar-refractivity contribution in [3.05, 3.63) is 36.5 Å². The molecule has 1 N–H and O–H groups in total. The molecule has 1 aromatic heterocycles. The van der Waals surface area contributed by atoms with Crippen LogP contribution in [-0.4, -0.2) is 36.9 Å². The Balaban J connectivity index is 1.40. The van der Waals surface area contributed by atoms with Gasteiger partial charge in [0.25, 0.3) is 0 Å². The quantitative estimate of drug-likeness (QED) is 0.821. The number of rotatable bonds is 6. The molecule has 0 aliphatic carbocycles. The van der Waals surface area contributed by atoms with Crippen molar-refractivity contribution in [3.63, 3.8) is 0 Å². The maximum atomic E-state index is 11.9. The van der Waals surface area contributed by atoms with Crippen LogP contribution in [0, 0.1) is 5.92 Å². The summed E-state index contributed by atoms with van der Waals surface area (Å²) in [5, 5.41) is 4.12. The van der Waals surface area contributed by atoms with Crippen molar-refractivity contribution in [3.8, 4) is 0 Å². The fourth-order valence-corrected chi connectivity index (χ4v) is 5.04. The van der Waals surface area contributed by atoms with Crippen LogP contribution in [0.2, 0.25) is 0 Å². The van der Waals surface area contributed by atoms with E-state index in [9.17, 15) is 13.2 Å². The molecule has 0 bridgehead atoms. The van der Waals surface area contributed by atoms with Crippen molar-refractivity contribution >= 4 is 26.6 Å². The Labute approximate surface area is 136 Å². The first-order valence-electron chi connectivity index (χ1n) is 8.04. The number of carbonyl (C=O) groups excluding carboxylic acids is 1. The number of para-hydroxylation sites is 1. The number of nitrogens with zero attached hydrogens (tertiary/aromatic N) is 1. The van der Waals surface area contributed by atoms with Gasteiger partial charge < -0.3 is 9.88 Å². The Morgan fingerprint density at radius 3 is 2.87 bits per heavy atom. The van der Waals surface area contributed by atoms with E-state index in [1.54, 1.807) is 0 Å². The fraction of sp³-hybridized carbons (Fsp3) is 0.471. The molecule has 1 aliphatic heterocycles. The highest BCUT2D eigenvalue weighted by Gasteiger charge is 2.29. The predicted octanol–water partition coefficient (Wildman–Crippen LogP) is 1.97. The molecular formula is C17H22N2O3S. The van der Waals surface area contributed by atoms with Gasteiger partial charge in [-0.25, -0.2) is 8.42 Å². The highest BCUT2D eigenvalue weighted by molar-refractivity contribution is 7.91. The highest BCUT2D eigenvalue weighted by Crippen LogP contribution is 2.21. The van der Waals surface area contributed by atoms with Crippen molar-refractivity contribution in [2.24, 2.45) is 5.92 Å². The number of sulfone groups is 1. The van der Waals surface area contributed by atoms with Crippen LogP contribution in [0.1, 0.15) is 19.3 Å². The SMILES string of the molecule is O=C(CC1CCS(=O)(=O)C1)NCCCn1ccc2ccccc21. The van der Waals surface area contributed by atoms with Crippen LogP contribution < -0.4 is 5.32 Å². The van der Waals surface area contributed by atoms with Gasteiger partial charge in [-0.2, -0.15) is 0 Å². The zero-order valence-electron chi connectivity index (χ0n) is 13.1. The van der Waals surface area contributed by atoms with Crippen molar-refractivity contribution in [1.29, 1.82) is 0 Å². The van der Waals surface area contributed by atoms with E-state index >= 15 is 0 Å². The van der Waals surface area contributed by atoms with Crippen LogP contribution in [0.5, 0.6) is 0 Å². The molecule has 3 rings (SSSR count). The molecule has 6 heteroatoms. The normalized spacial score (nSPS) is 19.9. The van der Waals surface area contributed by atoms with E-state index in [0.29, 0.717) is 19.4 Å². The smallest absolute Gasteiger partial charge is 0.220 e. The average molecular weight is 334 g/mol. The number of carbonyl (C=O) groups is 1. The minimum absolute atomic E-state index is 0.00612. The summed E-state index contributed by atoms with van der Waals surface area (Å²) in [6, 6.07) is 10.3. The number of aryl methyl sites for hydroxylation is 1. The summed E-state index contributed by atoms with van der Waals surface area (Å²) in [6.07, 6.45) is 3.86. The number of benzene rings is 1. The molecule has 2 aromatic rings. The molecule has 0 radical (unpaired) electrons. The Bertz CT molecular complexity index is 795. The standard InChI is InChI=1S/C17H22N2O3S/c20-17(12-14-7-11-23(21,22)13-14)18-8-3-9-19-10-6-15-4-1-2-5-16(15)19/h1-2,4-6,10,14H,3,7-9,11-13H2,(H,18,20). The lowest BCUT2D eigenvalue weighted by Gasteiger charge is -2.09. The van der Waals surface area contributed by atoms with Crippen LogP contribution >= 0.6 is 0 Å². The average Bonchev–Trinajstić information content (AvgIpc) is 3.07. The van der Waals surface area contributed by atoms with Crippen LogP contribution in [0.25, 0.3) is 10.9 Å². The van der Waals surface area contributed by atoms with E-state index in [2.05, 4.69) is 34.3 Å². The molecule has 23 heavy (non-hydrogen) atoms. The summed E-state index contributed by atoms with van der Waals surface area (Å²) in [6.45, 7) is 1.47. The number of hydrogen-bond donors (Lipinski definition) is 1. The molecule has 2 heterocycles. The largest absolute Gasteiger partial charge is 0.356 e. The maximum absolute atomic E-state index is 11.9. The summed E-state index contributed by atoms with van der Waals surface area (Å²) in [4.78, 5) is 11.9. The van der Waals surface area contributed by atoms with Gasteiger partial charge in [0.1, 0.15) is 0 Å². The molecule has 1 amide bonds. The van der Waals surface area contributed by atoms with E-state index < -0.39 is 9.84 Å². The molecule has 5 nitrogen and oxygen atoms in total. The maximum Gasteiger partial charge on any atom is 0.220 e. The lowest BCUT2D eigenvalue weighted by atomic mass is 10.1. The first-order chi connectivity index (χ1) is 11.0. The van der Waals surface area contributed by atoms with Crippen LogP contribution in [0.4, 0.5) is 0 Å². The van der Waals surface area contributed by atoms with Crippen molar-refractivity contribution in [2.45, 2.75) is 25.8 Å². The molecule has 0 saturated carbocycles. The molecule has 1 atom stereocenters. The second-order valence-electron chi connectivity index (χ2n) is 6.24. The number of amides is 1. The molecular weight excluding hydrogens is 312 g/mol. The summed E-state index contributed by atoms with van der Waals surface area (Å²) < 4.78 is 25.0. The third-order valence-electron chi connectivity index (χ3n) is 4.38. The van der Waals surface area contributed by atoms with Gasteiger partial charge in [-0.05, 0) is 36.3 Å². The molecule has 1 aliphatic rings. The highest BCUT2D eigenvalue weighted by atomic mass is 32.2. The summed E-state index contributed by atoms with van der Waals surface area (Å²) in [5.74, 6) is 0.347. The topological polar surface area (TPSA) is 68.2 Å². The van der Waals surface area contributed by atoms with Gasteiger partial charge in [-0.1, -0.05) is 18.2 Å². The van der Waals surface area contributed by atoms with Gasteiger partial charge in [0.15, 0.2) is 9.84 Å². The number of aromatic nitrogens is 1. The third kappa shape index (κ3) is 4.13. The molecule has 1 unspecified atom stereocenters. The Morgan fingerprint density at radius 2 is 2.09 bits per heavy atom. The molecule has 1 aromatic carbocycles. The zero-order valence-corrected chi connectivity index (χ0v) is 13.9. The van der Waals surface area contributed by atoms with Crippen molar-refractivity contribution in [1.82, 2.24) is 9.88 Å². The lowest BCUT2D eigenvalue weighted by Crippen LogP contribution is -2.27. The van der Waals surface area contributed by atoms with Crippen LogP contribution in [0.3, 0.4) is 0 Å². The van der Waals surface area contributed by atoms with E-state index in [1.165, 1.54) is 10.9 Å². The first-order valence-corrected chi connectivity index (χ1v) is 9.87. The van der Waals surface area contributed by atoms with Crippen LogP contribution in [-0.2, 0) is 21.2 Å². The summed E-state index contributed by atoms with van der Waals surface area (Å²) in [5.41, 5.74) is 1.20. The molecule has 1 fully saturated rings. The molecule has 1 saturated heterocycles. The summed E-state index contributed by atoms with van der Waals surface area (Å²) >= 11 is 0. The van der Waals surface area contributed by atoms with Gasteiger partial charge in [0, 0.05) is 31.2 Å². The van der Waals surface area contributed by atoms with Crippen molar-refractivity contribution in [2.75, 3.05) is 18.1 Å². The molecule has 0 spiro atoms. The first kappa shape index (κ1) is 16.1. The van der Waals surface area contributed by atoms with E-state index in [1.807, 2.05) is 12.1 Å². The van der Waals surface area contributed by atoms with E-state index in [4.69, 9.17) is 0 Å². The fourth-order valence-electron chi connectivity index (χ4n) is 3.18. The van der Waals surface area contributed by atoms with Gasteiger partial charge >= 0.3 is 0 Å². The zero-order chi connectivity index (χ0) is 16.3. The van der Waals surface area contributed by atoms with Gasteiger partial charge in [-0.15, -0.1) is 0 Å². The van der Waals surface area contributed by atoms with E-state index in [-0.39, 0.29) is 23.3 Å². The molecule has 124 valence electrons. The number of fused-ring (bicyclic) bond motifs is 1. The predicted molar refractivity (Wildman–Crippen MR) is 90.9 cm³/mol. The Kier molecular flexibility index (Phi) is 4.71. The second kappa shape index (κ2) is 6.74. The third-order valence-corrected chi connectivity index (χ3v) is 6.22. The van der Waals surface area contributed by atoms with E-state index in [0.717, 1.165) is 13.0 Å². The lowest BCUT2D eigenvalue weighted by molar-refractivity contribution is -0.121. The van der Waals surface area contributed by atoms with Gasteiger partial charge in [0.2, 0.25) is 5.91 Å². The second-order valence-corrected chi connectivity index (χ2v) is 8.47. The Hall–Kier alpha value is -1.82. The minimum atomic E-state index is -2.90. The van der Waals surface area contributed by atoms with Crippen LogP contribution in [0.15, 0.2) is 36.5 Å². The van der Waals surface area contributed by atoms with Crippen molar-refractivity contribution < 1.29 is 13.2 Å². The number of nitrogens with one attached hydrogen (secondary N) is 1. The monoisotopic (exact) mass is 334 g/mol. The Morgan fingerprint density at radius 1 is 1.26 bits per heavy atom.